The first-order valence-corrected chi connectivity index (χ1v) is 10.7. The van der Waals surface area contributed by atoms with Crippen LogP contribution in [-0.2, 0) is 9.59 Å². The molecule has 3 rings (SSSR count). The van der Waals surface area contributed by atoms with Crippen LogP contribution in [0, 0.1) is 0 Å². The number of halogens is 1. The predicted molar refractivity (Wildman–Crippen MR) is 118 cm³/mol. The van der Waals surface area contributed by atoms with E-state index in [1.165, 1.54) is 17.9 Å². The van der Waals surface area contributed by atoms with Crippen LogP contribution in [0.4, 0.5) is 0 Å². The highest BCUT2D eigenvalue weighted by Crippen LogP contribution is 2.38. The number of amides is 2. The van der Waals surface area contributed by atoms with E-state index in [9.17, 15) is 9.59 Å². The van der Waals surface area contributed by atoms with Gasteiger partial charge in [0, 0.05) is 20.0 Å². The zero-order valence-corrected chi connectivity index (χ0v) is 19.0. The fraction of sp³-hybridized carbons (Fsp3) is 0.636. The number of carbonyl (C=O) groups excluding carboxylic acids is 2. The highest BCUT2D eigenvalue weighted by Gasteiger charge is 2.37. The molecular weight excluding hydrogens is 406 g/mol. The number of hydrazine groups is 1. The van der Waals surface area contributed by atoms with Gasteiger partial charge in [-0.25, -0.2) is 5.01 Å². The largest absolute Gasteiger partial charge is 0.493 e. The number of methoxy groups -OCH3 is 1. The Bertz CT molecular complexity index is 724. The molecule has 2 aliphatic rings. The number of nitrogens with one attached hydrogen (secondary N) is 1. The van der Waals surface area contributed by atoms with Crippen LogP contribution in [0.1, 0.15) is 63.5 Å². The normalized spacial score (nSPS) is 19.6. The summed E-state index contributed by atoms with van der Waals surface area (Å²) in [4.78, 5) is 24.7. The van der Waals surface area contributed by atoms with Crippen LogP contribution < -0.4 is 14.8 Å². The van der Waals surface area contributed by atoms with Gasteiger partial charge in [-0.1, -0.05) is 19.4 Å². The van der Waals surface area contributed by atoms with E-state index in [0.29, 0.717) is 18.7 Å². The number of hydrogen-bond donors (Lipinski definition) is 1. The zero-order chi connectivity index (χ0) is 20.8. The fourth-order valence-electron chi connectivity index (χ4n) is 4.06. The molecule has 0 aromatic heterocycles. The molecule has 1 unspecified atom stereocenters. The van der Waals surface area contributed by atoms with Crippen LogP contribution in [0.25, 0.3) is 0 Å². The molecule has 1 heterocycles. The Morgan fingerprint density at radius 2 is 1.97 bits per heavy atom. The van der Waals surface area contributed by atoms with Gasteiger partial charge in [-0.2, -0.15) is 0 Å². The molecule has 1 saturated heterocycles. The molecule has 1 saturated carbocycles. The molecule has 8 heteroatoms. The van der Waals surface area contributed by atoms with Gasteiger partial charge in [-0.05, 0) is 49.8 Å². The smallest absolute Gasteiger partial charge is 0.241 e. The van der Waals surface area contributed by atoms with Crippen LogP contribution >= 0.6 is 12.4 Å². The third-order valence-corrected chi connectivity index (χ3v) is 5.80. The van der Waals surface area contributed by atoms with Crippen LogP contribution in [0.2, 0.25) is 0 Å². The summed E-state index contributed by atoms with van der Waals surface area (Å²) in [6.07, 6.45) is 7.05. The van der Waals surface area contributed by atoms with Crippen LogP contribution in [-0.4, -0.2) is 55.2 Å². The average Bonchev–Trinajstić information content (AvgIpc) is 3.31. The van der Waals surface area contributed by atoms with Crippen molar-refractivity contribution in [3.05, 3.63) is 23.8 Å². The summed E-state index contributed by atoms with van der Waals surface area (Å²) in [5, 5.41) is 6.27. The summed E-state index contributed by atoms with van der Waals surface area (Å²) < 4.78 is 11.7. The number of nitrogens with zero attached hydrogens (tertiary/aromatic N) is 2. The number of hydrogen-bond acceptors (Lipinski definition) is 5. The second-order valence-electron chi connectivity index (χ2n) is 7.88. The van der Waals surface area contributed by atoms with Gasteiger partial charge in [0.25, 0.3) is 0 Å². The van der Waals surface area contributed by atoms with E-state index >= 15 is 0 Å². The van der Waals surface area contributed by atoms with E-state index < -0.39 is 0 Å². The summed E-state index contributed by atoms with van der Waals surface area (Å²) in [5.74, 6) is 1.27. The Kier molecular flexibility index (Phi) is 9.24. The van der Waals surface area contributed by atoms with Crippen molar-refractivity contribution in [2.75, 3.05) is 27.2 Å². The van der Waals surface area contributed by atoms with E-state index in [1.807, 2.05) is 30.3 Å². The van der Waals surface area contributed by atoms with Gasteiger partial charge in [0.1, 0.15) is 6.54 Å². The predicted octanol–water partition coefficient (Wildman–Crippen LogP) is 3.47. The maximum Gasteiger partial charge on any atom is 0.241 e. The molecule has 0 radical (unpaired) electrons. The molecule has 1 aromatic rings. The van der Waals surface area contributed by atoms with Crippen molar-refractivity contribution in [3.8, 4) is 11.5 Å². The van der Waals surface area contributed by atoms with Crippen LogP contribution in [0.3, 0.4) is 0 Å². The van der Waals surface area contributed by atoms with Crippen LogP contribution in [0.5, 0.6) is 11.5 Å². The average molecular weight is 440 g/mol. The molecule has 1 atom stereocenters. The molecule has 1 aliphatic heterocycles. The summed E-state index contributed by atoms with van der Waals surface area (Å²) in [5.41, 5.74) is 0.989. The first kappa shape index (κ1) is 24.3. The molecular formula is C22H34ClN3O4. The topological polar surface area (TPSA) is 71.1 Å². The van der Waals surface area contributed by atoms with Gasteiger partial charge >= 0.3 is 0 Å². The van der Waals surface area contributed by atoms with Crippen molar-refractivity contribution in [2.45, 2.75) is 64.0 Å². The summed E-state index contributed by atoms with van der Waals surface area (Å²) in [6, 6.07) is 5.73. The van der Waals surface area contributed by atoms with Crippen molar-refractivity contribution in [2.24, 2.45) is 0 Å². The van der Waals surface area contributed by atoms with Gasteiger partial charge in [0.15, 0.2) is 11.5 Å². The third-order valence-electron chi connectivity index (χ3n) is 5.80. The minimum atomic E-state index is -0.126. The van der Waals surface area contributed by atoms with Gasteiger partial charge < -0.3 is 14.8 Å². The molecule has 1 aliphatic carbocycles. The zero-order valence-electron chi connectivity index (χ0n) is 18.2. The van der Waals surface area contributed by atoms with Gasteiger partial charge in [-0.15, -0.1) is 12.4 Å². The minimum absolute atomic E-state index is 0. The van der Waals surface area contributed by atoms with Crippen molar-refractivity contribution in [3.63, 3.8) is 0 Å². The molecule has 0 bridgehead atoms. The maximum atomic E-state index is 12.6. The van der Waals surface area contributed by atoms with Crippen molar-refractivity contribution >= 4 is 24.2 Å². The molecule has 7 nitrogen and oxygen atoms in total. The second-order valence-corrected chi connectivity index (χ2v) is 7.88. The van der Waals surface area contributed by atoms with Crippen molar-refractivity contribution in [1.29, 1.82) is 0 Å². The molecule has 1 N–H and O–H groups in total. The number of carbonyl (C=O) groups is 2. The van der Waals surface area contributed by atoms with E-state index in [0.717, 1.165) is 37.0 Å². The fourth-order valence-corrected chi connectivity index (χ4v) is 4.06. The second kappa shape index (κ2) is 11.4. The summed E-state index contributed by atoms with van der Waals surface area (Å²) >= 11 is 0. The first-order valence-electron chi connectivity index (χ1n) is 10.7. The van der Waals surface area contributed by atoms with E-state index in [-0.39, 0.29) is 42.9 Å². The monoisotopic (exact) mass is 439 g/mol. The lowest BCUT2D eigenvalue weighted by atomic mass is 10.0. The van der Waals surface area contributed by atoms with Gasteiger partial charge in [0.05, 0.1) is 19.3 Å². The SMILES string of the molecule is CCCCNC(=O)CN1C(=O)CC(c2ccc(OC)c(OC3CCCC3)c2)N1C.Cl. The lowest BCUT2D eigenvalue weighted by molar-refractivity contribution is -0.143. The van der Waals surface area contributed by atoms with E-state index in [2.05, 4.69) is 12.2 Å². The van der Waals surface area contributed by atoms with E-state index in [1.54, 1.807) is 7.11 Å². The number of benzene rings is 1. The Balaban J connectivity index is 0.00000320. The summed E-state index contributed by atoms with van der Waals surface area (Å²) in [7, 11) is 3.50. The molecule has 1 aromatic carbocycles. The molecule has 168 valence electrons. The van der Waals surface area contributed by atoms with Crippen molar-refractivity contribution < 1.29 is 19.1 Å². The Morgan fingerprint density at radius 3 is 2.63 bits per heavy atom. The minimum Gasteiger partial charge on any atom is -0.493 e. The highest BCUT2D eigenvalue weighted by atomic mass is 35.5. The van der Waals surface area contributed by atoms with Crippen molar-refractivity contribution in [1.82, 2.24) is 15.3 Å². The number of rotatable bonds is 9. The Labute approximate surface area is 185 Å². The lowest BCUT2D eigenvalue weighted by Gasteiger charge is -2.28. The Morgan fingerprint density at radius 1 is 1.23 bits per heavy atom. The highest BCUT2D eigenvalue weighted by molar-refractivity contribution is 5.86. The van der Waals surface area contributed by atoms with Crippen LogP contribution in [0.15, 0.2) is 18.2 Å². The lowest BCUT2D eigenvalue weighted by Crippen LogP contribution is -2.44. The first-order chi connectivity index (χ1) is 14.0. The number of ether oxygens (including phenoxy) is 2. The van der Waals surface area contributed by atoms with Gasteiger partial charge in [0.2, 0.25) is 11.8 Å². The van der Waals surface area contributed by atoms with E-state index in [4.69, 9.17) is 9.47 Å². The maximum absolute atomic E-state index is 12.6. The molecule has 2 fully saturated rings. The molecule has 30 heavy (non-hydrogen) atoms. The molecule has 2 amide bonds. The summed E-state index contributed by atoms with van der Waals surface area (Å²) in [6.45, 7) is 2.77. The standard InChI is InChI=1S/C22H33N3O4.ClH/c1-4-5-12-23-21(26)15-25-22(27)14-18(24(25)2)16-10-11-19(28-3)20(13-16)29-17-8-6-7-9-17;/h10-11,13,17-18H,4-9,12,14-15H2,1-3H3,(H,23,26);1H. The quantitative estimate of drug-likeness (QED) is 0.596. The van der Waals surface area contributed by atoms with Gasteiger partial charge in [-0.3, -0.25) is 14.6 Å². The molecule has 0 spiro atoms. The third kappa shape index (κ3) is 5.79. The Hall–Kier alpha value is -1.99. The number of unbranched alkanes of at least 4 members (excludes halogenated alkanes) is 1.